The molecule has 0 aromatic heterocycles. The second-order valence-corrected chi connectivity index (χ2v) is 5.58. The standard InChI is InChI=1S/C8H15N3O3S/c1-11(2)15(12,13)10-8(7-9)3-5-14-6-4-8/h10H,3-6H2,1-2H3. The largest absolute Gasteiger partial charge is 0.381 e. The minimum atomic E-state index is -3.56. The molecule has 1 rings (SSSR count). The van der Waals surface area contributed by atoms with Crippen LogP contribution in [-0.2, 0) is 14.9 Å². The highest BCUT2D eigenvalue weighted by atomic mass is 32.2. The van der Waals surface area contributed by atoms with Crippen LogP contribution < -0.4 is 4.72 Å². The van der Waals surface area contributed by atoms with Gasteiger partial charge in [-0.1, -0.05) is 0 Å². The Hall–Kier alpha value is -0.680. The highest BCUT2D eigenvalue weighted by Crippen LogP contribution is 2.21. The summed E-state index contributed by atoms with van der Waals surface area (Å²) in [6.07, 6.45) is 0.771. The maximum Gasteiger partial charge on any atom is 0.280 e. The average Bonchev–Trinajstić information content (AvgIpc) is 2.18. The van der Waals surface area contributed by atoms with Crippen LogP contribution in [0.2, 0.25) is 0 Å². The Balaban J connectivity index is 2.82. The molecule has 0 bridgehead atoms. The second kappa shape index (κ2) is 4.45. The molecule has 0 aromatic rings. The maximum atomic E-state index is 11.6. The van der Waals surface area contributed by atoms with Crippen molar-refractivity contribution in [2.45, 2.75) is 18.4 Å². The SMILES string of the molecule is CN(C)S(=O)(=O)NC1(C#N)CCOCC1. The van der Waals surface area contributed by atoms with Crippen molar-refractivity contribution in [3.63, 3.8) is 0 Å². The summed E-state index contributed by atoms with van der Waals surface area (Å²) >= 11 is 0. The van der Waals surface area contributed by atoms with E-state index in [1.165, 1.54) is 14.1 Å². The molecule has 1 aliphatic heterocycles. The molecular weight excluding hydrogens is 218 g/mol. The predicted octanol–water partition coefficient (Wildman–Crippen LogP) is -0.545. The van der Waals surface area contributed by atoms with Gasteiger partial charge in [-0.2, -0.15) is 22.7 Å². The lowest BCUT2D eigenvalue weighted by Gasteiger charge is -2.32. The molecule has 1 fully saturated rings. The first-order chi connectivity index (χ1) is 6.92. The Morgan fingerprint density at radius 2 is 1.93 bits per heavy atom. The van der Waals surface area contributed by atoms with E-state index in [-0.39, 0.29) is 0 Å². The zero-order valence-corrected chi connectivity index (χ0v) is 9.67. The third kappa shape index (κ3) is 2.89. The fourth-order valence-corrected chi connectivity index (χ4v) is 2.22. The van der Waals surface area contributed by atoms with E-state index < -0.39 is 15.7 Å². The van der Waals surface area contributed by atoms with E-state index in [4.69, 9.17) is 10.00 Å². The van der Waals surface area contributed by atoms with Gasteiger partial charge in [-0.3, -0.25) is 0 Å². The molecule has 0 atom stereocenters. The number of hydrogen-bond donors (Lipinski definition) is 1. The summed E-state index contributed by atoms with van der Waals surface area (Å²) in [4.78, 5) is 0. The van der Waals surface area contributed by atoms with Crippen molar-refractivity contribution in [1.82, 2.24) is 9.03 Å². The van der Waals surface area contributed by atoms with Crippen LogP contribution in [-0.4, -0.2) is 45.6 Å². The first-order valence-corrected chi connectivity index (χ1v) is 6.06. The fraction of sp³-hybridized carbons (Fsp3) is 0.875. The molecule has 0 aliphatic carbocycles. The quantitative estimate of drug-likeness (QED) is 0.709. The summed E-state index contributed by atoms with van der Waals surface area (Å²) in [7, 11) is -0.716. The second-order valence-electron chi connectivity index (χ2n) is 3.70. The van der Waals surface area contributed by atoms with Gasteiger partial charge in [-0.15, -0.1) is 0 Å². The first-order valence-electron chi connectivity index (χ1n) is 4.62. The third-order valence-electron chi connectivity index (χ3n) is 2.37. The number of nitrogens with one attached hydrogen (secondary N) is 1. The van der Waals surface area contributed by atoms with E-state index in [0.29, 0.717) is 26.1 Å². The van der Waals surface area contributed by atoms with Crippen molar-refractivity contribution >= 4 is 10.2 Å². The van der Waals surface area contributed by atoms with Gasteiger partial charge in [-0.25, -0.2) is 0 Å². The lowest BCUT2D eigenvalue weighted by molar-refractivity contribution is 0.0647. The number of ether oxygens (including phenoxy) is 1. The van der Waals surface area contributed by atoms with Gasteiger partial charge < -0.3 is 4.74 Å². The van der Waals surface area contributed by atoms with Gasteiger partial charge in [-0.05, 0) is 0 Å². The summed E-state index contributed by atoms with van der Waals surface area (Å²) < 4.78 is 31.7. The molecule has 7 heteroatoms. The first kappa shape index (κ1) is 12.4. The minimum absolute atomic E-state index is 0.385. The Kier molecular flexibility index (Phi) is 3.67. The smallest absolute Gasteiger partial charge is 0.280 e. The number of rotatable bonds is 3. The van der Waals surface area contributed by atoms with E-state index in [0.717, 1.165) is 4.31 Å². The van der Waals surface area contributed by atoms with E-state index in [1.54, 1.807) is 0 Å². The van der Waals surface area contributed by atoms with Gasteiger partial charge in [0.15, 0.2) is 0 Å². The molecule has 1 heterocycles. The van der Waals surface area contributed by atoms with Gasteiger partial charge in [0, 0.05) is 40.2 Å². The third-order valence-corrected chi connectivity index (χ3v) is 3.98. The van der Waals surface area contributed by atoms with E-state index in [9.17, 15) is 8.42 Å². The van der Waals surface area contributed by atoms with Crippen molar-refractivity contribution < 1.29 is 13.2 Å². The number of hydrogen-bond acceptors (Lipinski definition) is 4. The van der Waals surface area contributed by atoms with Gasteiger partial charge in [0.05, 0.1) is 6.07 Å². The fourth-order valence-electron chi connectivity index (χ4n) is 1.29. The van der Waals surface area contributed by atoms with Gasteiger partial charge in [0.1, 0.15) is 5.54 Å². The normalized spacial score (nSPS) is 21.2. The van der Waals surface area contributed by atoms with Crippen LogP contribution in [0.25, 0.3) is 0 Å². The molecule has 86 valence electrons. The van der Waals surface area contributed by atoms with E-state index >= 15 is 0 Å². The summed E-state index contributed by atoms with van der Waals surface area (Å²) in [6, 6.07) is 2.03. The summed E-state index contributed by atoms with van der Waals surface area (Å²) in [5.41, 5.74) is -1.01. The van der Waals surface area contributed by atoms with Crippen molar-refractivity contribution in [2.24, 2.45) is 0 Å². The summed E-state index contributed by atoms with van der Waals surface area (Å²) in [5.74, 6) is 0. The zero-order valence-electron chi connectivity index (χ0n) is 8.86. The van der Waals surface area contributed by atoms with Crippen molar-refractivity contribution in [3.05, 3.63) is 0 Å². The molecule has 1 saturated heterocycles. The number of nitrogens with zero attached hydrogens (tertiary/aromatic N) is 2. The van der Waals surface area contributed by atoms with E-state index in [1.807, 2.05) is 6.07 Å². The molecular formula is C8H15N3O3S. The van der Waals surface area contributed by atoms with Crippen LogP contribution >= 0.6 is 0 Å². The monoisotopic (exact) mass is 233 g/mol. The lowest BCUT2D eigenvalue weighted by Crippen LogP contribution is -2.53. The van der Waals surface area contributed by atoms with Gasteiger partial charge in [0.2, 0.25) is 0 Å². The highest BCUT2D eigenvalue weighted by Gasteiger charge is 2.37. The molecule has 0 spiro atoms. The van der Waals surface area contributed by atoms with Gasteiger partial charge >= 0.3 is 0 Å². The highest BCUT2D eigenvalue weighted by molar-refractivity contribution is 7.87. The topological polar surface area (TPSA) is 82.4 Å². The van der Waals surface area contributed by atoms with Crippen LogP contribution in [0.5, 0.6) is 0 Å². The van der Waals surface area contributed by atoms with Crippen LogP contribution in [0.1, 0.15) is 12.8 Å². The van der Waals surface area contributed by atoms with E-state index in [2.05, 4.69) is 4.72 Å². The zero-order chi connectivity index (χ0) is 11.5. The predicted molar refractivity (Wildman–Crippen MR) is 54.1 cm³/mol. The molecule has 0 aromatic carbocycles. The molecule has 0 unspecified atom stereocenters. The van der Waals surface area contributed by atoms with Crippen molar-refractivity contribution in [3.8, 4) is 6.07 Å². The maximum absolute atomic E-state index is 11.6. The Bertz CT molecular complexity index is 352. The lowest BCUT2D eigenvalue weighted by atomic mass is 9.93. The van der Waals surface area contributed by atoms with Gasteiger partial charge in [0.25, 0.3) is 10.2 Å². The molecule has 15 heavy (non-hydrogen) atoms. The molecule has 1 aliphatic rings. The summed E-state index contributed by atoms with van der Waals surface area (Å²) in [6.45, 7) is 0.813. The van der Waals surface area contributed by atoms with Crippen LogP contribution in [0.15, 0.2) is 0 Å². The number of nitriles is 1. The van der Waals surface area contributed by atoms with Crippen LogP contribution in [0.4, 0.5) is 0 Å². The van der Waals surface area contributed by atoms with Crippen molar-refractivity contribution in [1.29, 1.82) is 5.26 Å². The molecule has 1 N–H and O–H groups in total. The Morgan fingerprint density at radius 3 is 2.33 bits per heavy atom. The van der Waals surface area contributed by atoms with Crippen molar-refractivity contribution in [2.75, 3.05) is 27.3 Å². The van der Waals surface area contributed by atoms with Crippen LogP contribution in [0.3, 0.4) is 0 Å². The Labute approximate surface area is 90.0 Å². The molecule has 0 radical (unpaired) electrons. The average molecular weight is 233 g/mol. The summed E-state index contributed by atoms with van der Waals surface area (Å²) in [5, 5.41) is 9.04. The molecule has 6 nitrogen and oxygen atoms in total. The minimum Gasteiger partial charge on any atom is -0.381 e. The molecule has 0 saturated carbocycles. The molecule has 0 amide bonds. The Morgan fingerprint density at radius 1 is 1.40 bits per heavy atom. The van der Waals surface area contributed by atoms with Crippen LogP contribution in [0, 0.1) is 11.3 Å².